The fraction of sp³-hybridized carbons (Fsp3) is 0.738. The van der Waals surface area contributed by atoms with Gasteiger partial charge in [-0.1, -0.05) is 265 Å². The van der Waals surface area contributed by atoms with Crippen molar-refractivity contribution in [1.29, 1.82) is 0 Å². The van der Waals surface area contributed by atoms with Gasteiger partial charge in [0.1, 0.15) is 13.2 Å². The van der Waals surface area contributed by atoms with Gasteiger partial charge in [-0.2, -0.15) is 0 Å². The Balaban J connectivity index is 4.10. The third kappa shape index (κ3) is 57.1. The molecule has 0 saturated carbocycles. The Hall–Kier alpha value is -2.58. The first kappa shape index (κ1) is 71.4. The van der Waals surface area contributed by atoms with E-state index in [4.69, 9.17) is 9.05 Å². The first-order valence-corrected chi connectivity index (χ1v) is 32.1. The summed E-state index contributed by atoms with van der Waals surface area (Å²) in [6.07, 6.45) is 79.3. The van der Waals surface area contributed by atoms with Gasteiger partial charge >= 0.3 is 0 Å². The molecular formula is C65H117N2O6P. The fourth-order valence-corrected chi connectivity index (χ4v) is 9.25. The average molecular weight is 1050 g/mol. The maximum absolute atomic E-state index is 13.0. The van der Waals surface area contributed by atoms with Crippen LogP contribution in [0.1, 0.15) is 258 Å². The monoisotopic (exact) mass is 1050 g/mol. The second-order valence-corrected chi connectivity index (χ2v) is 23.1. The number of allylic oxidation sites excluding steroid dienone is 15. The van der Waals surface area contributed by atoms with Crippen LogP contribution in [0.3, 0.4) is 0 Å². The largest absolute Gasteiger partial charge is 0.756 e. The predicted molar refractivity (Wildman–Crippen MR) is 320 cm³/mol. The number of aliphatic hydroxyl groups is 1. The summed E-state index contributed by atoms with van der Waals surface area (Å²) >= 11 is 0. The Bertz CT molecular complexity index is 1520. The van der Waals surface area contributed by atoms with Crippen molar-refractivity contribution in [3.05, 3.63) is 97.2 Å². The molecule has 0 radical (unpaired) electrons. The van der Waals surface area contributed by atoms with Gasteiger partial charge in [-0.15, -0.1) is 0 Å². The number of likely N-dealkylation sites (N-methyl/N-ethyl adjacent to an activating group) is 1. The number of unbranched alkanes of at least 4 members (excludes halogenated alkanes) is 28. The number of quaternary nitrogens is 1. The normalized spacial score (nSPS) is 14.5. The molecule has 0 aromatic carbocycles. The van der Waals surface area contributed by atoms with Crippen molar-refractivity contribution in [1.82, 2.24) is 5.32 Å². The Labute approximate surface area is 458 Å². The number of hydrogen-bond acceptors (Lipinski definition) is 6. The minimum absolute atomic E-state index is 0.00892. The first-order valence-electron chi connectivity index (χ1n) is 30.6. The van der Waals surface area contributed by atoms with Crippen molar-refractivity contribution in [3.8, 4) is 0 Å². The molecule has 428 valence electrons. The van der Waals surface area contributed by atoms with Crippen LogP contribution in [0.15, 0.2) is 97.2 Å². The predicted octanol–water partition coefficient (Wildman–Crippen LogP) is 18.4. The molecule has 0 rings (SSSR count). The first-order chi connectivity index (χ1) is 36.0. The second kappa shape index (κ2) is 55.2. The number of aliphatic hydroxyl groups excluding tert-OH is 1. The topological polar surface area (TPSA) is 108 Å². The summed E-state index contributed by atoms with van der Waals surface area (Å²) in [6, 6.07) is -0.908. The van der Waals surface area contributed by atoms with Crippen LogP contribution < -0.4 is 10.2 Å². The zero-order chi connectivity index (χ0) is 54.2. The molecule has 0 aliphatic heterocycles. The van der Waals surface area contributed by atoms with Gasteiger partial charge in [-0.3, -0.25) is 9.36 Å². The maximum atomic E-state index is 13.0. The van der Waals surface area contributed by atoms with Crippen LogP contribution >= 0.6 is 7.82 Å². The average Bonchev–Trinajstić information content (AvgIpc) is 3.36. The van der Waals surface area contributed by atoms with Crippen molar-refractivity contribution in [2.75, 3.05) is 40.9 Å². The lowest BCUT2D eigenvalue weighted by Crippen LogP contribution is -2.45. The van der Waals surface area contributed by atoms with Gasteiger partial charge in [-0.05, 0) is 83.5 Å². The van der Waals surface area contributed by atoms with E-state index >= 15 is 0 Å². The molecule has 0 aromatic rings. The lowest BCUT2D eigenvalue weighted by Gasteiger charge is -2.29. The number of phosphoric acid groups is 1. The van der Waals surface area contributed by atoms with E-state index in [1.165, 1.54) is 161 Å². The number of nitrogens with zero attached hydrogens (tertiary/aromatic N) is 1. The van der Waals surface area contributed by atoms with Crippen LogP contribution in [0.4, 0.5) is 0 Å². The van der Waals surface area contributed by atoms with Crippen LogP contribution in [0.2, 0.25) is 0 Å². The summed E-state index contributed by atoms with van der Waals surface area (Å²) in [4.78, 5) is 25.5. The van der Waals surface area contributed by atoms with Gasteiger partial charge in [0.05, 0.1) is 39.9 Å². The molecule has 0 aliphatic rings. The molecule has 0 aliphatic carbocycles. The lowest BCUT2D eigenvalue weighted by atomic mass is 10.0. The van der Waals surface area contributed by atoms with Crippen molar-refractivity contribution >= 4 is 13.7 Å². The molecule has 2 N–H and O–H groups in total. The molecule has 0 spiro atoms. The smallest absolute Gasteiger partial charge is 0.268 e. The fourth-order valence-electron chi connectivity index (χ4n) is 8.53. The SMILES string of the molecule is CC/C=C\C/C=C\C/C=C\C/C=C\C/C=C\C/C=C\CCCCCCCCCCCCCCCCCCC(=O)NC(COP(=O)([O-])OCC[N+](C)(C)C)C(O)/C=C/CC/C=C/CCCCCCCCCCCCC. The van der Waals surface area contributed by atoms with Crippen LogP contribution in [-0.4, -0.2) is 68.5 Å². The van der Waals surface area contributed by atoms with Gasteiger partial charge < -0.3 is 28.8 Å². The Morgan fingerprint density at radius 3 is 1.26 bits per heavy atom. The Morgan fingerprint density at radius 1 is 0.486 bits per heavy atom. The molecule has 3 atom stereocenters. The third-order valence-electron chi connectivity index (χ3n) is 13.3. The van der Waals surface area contributed by atoms with Crippen molar-refractivity contribution in [2.45, 2.75) is 270 Å². The highest BCUT2D eigenvalue weighted by molar-refractivity contribution is 7.45. The molecule has 0 fully saturated rings. The van der Waals surface area contributed by atoms with Crippen LogP contribution in [0.25, 0.3) is 0 Å². The molecular weight excluding hydrogens is 936 g/mol. The van der Waals surface area contributed by atoms with Gasteiger partial charge in [0.15, 0.2) is 0 Å². The van der Waals surface area contributed by atoms with Crippen LogP contribution in [0.5, 0.6) is 0 Å². The minimum atomic E-state index is -4.61. The zero-order valence-corrected chi connectivity index (χ0v) is 49.7. The van der Waals surface area contributed by atoms with E-state index in [9.17, 15) is 19.4 Å². The van der Waals surface area contributed by atoms with Crippen LogP contribution in [-0.2, 0) is 18.4 Å². The highest BCUT2D eigenvalue weighted by Crippen LogP contribution is 2.38. The lowest BCUT2D eigenvalue weighted by molar-refractivity contribution is -0.870. The number of phosphoric ester groups is 1. The molecule has 0 heterocycles. The minimum Gasteiger partial charge on any atom is -0.756 e. The number of carbonyl (C=O) groups excluding carboxylic acids is 1. The van der Waals surface area contributed by atoms with E-state index in [-0.39, 0.29) is 12.5 Å². The Morgan fingerprint density at radius 2 is 0.838 bits per heavy atom. The molecule has 0 aromatic heterocycles. The molecule has 74 heavy (non-hydrogen) atoms. The summed E-state index contributed by atoms with van der Waals surface area (Å²) in [5.41, 5.74) is 0. The quantitative estimate of drug-likeness (QED) is 0.0272. The number of nitrogens with one attached hydrogen (secondary N) is 1. The van der Waals surface area contributed by atoms with Crippen molar-refractivity contribution in [3.63, 3.8) is 0 Å². The van der Waals surface area contributed by atoms with Crippen molar-refractivity contribution < 1.29 is 32.9 Å². The standard InChI is InChI=1S/C65H117N2O6P/c1-6-8-10-12-14-16-18-20-22-24-25-26-27-28-29-30-31-32-33-34-35-36-37-38-39-40-41-43-45-47-49-51-53-55-57-59-65(69)66-63(62-73-74(70,71)72-61-60-67(3,4)5)64(68)58-56-54-52-50-48-46-44-42-23-21-19-17-15-13-11-9-7-2/h8,10,14,16,20,22,25-26,28-29,31-32,48,50,56,58,63-64,68H,6-7,9,11-13,15,17-19,21,23-24,27,30,33-47,49,51-55,57,59-62H2,1-5H3,(H-,66,69,70,71)/b10-8-,16-14-,22-20-,26-25-,29-28-,32-31-,50-48+,58-56+. The third-order valence-corrected chi connectivity index (χ3v) is 14.2. The molecule has 1 amide bonds. The van der Waals surface area contributed by atoms with Gasteiger partial charge in [0.2, 0.25) is 5.91 Å². The van der Waals surface area contributed by atoms with Gasteiger partial charge in [-0.25, -0.2) is 0 Å². The maximum Gasteiger partial charge on any atom is 0.268 e. The van der Waals surface area contributed by atoms with Gasteiger partial charge in [0, 0.05) is 6.42 Å². The zero-order valence-electron chi connectivity index (χ0n) is 48.8. The molecule has 3 unspecified atom stereocenters. The van der Waals surface area contributed by atoms with Crippen molar-refractivity contribution in [2.24, 2.45) is 0 Å². The number of amides is 1. The molecule has 0 saturated heterocycles. The van der Waals surface area contributed by atoms with E-state index in [1.807, 2.05) is 27.2 Å². The molecule has 8 nitrogen and oxygen atoms in total. The Kier molecular flexibility index (Phi) is 53.3. The number of rotatable bonds is 55. The highest BCUT2D eigenvalue weighted by atomic mass is 31.2. The summed E-state index contributed by atoms with van der Waals surface area (Å²) in [5, 5.41) is 13.9. The highest BCUT2D eigenvalue weighted by Gasteiger charge is 2.23. The van der Waals surface area contributed by atoms with Gasteiger partial charge in [0.25, 0.3) is 7.82 Å². The summed E-state index contributed by atoms with van der Waals surface area (Å²) in [7, 11) is 1.24. The second-order valence-electron chi connectivity index (χ2n) is 21.7. The van der Waals surface area contributed by atoms with E-state index in [1.54, 1.807) is 6.08 Å². The number of carbonyl (C=O) groups is 1. The van der Waals surface area contributed by atoms with E-state index < -0.39 is 26.6 Å². The van der Waals surface area contributed by atoms with E-state index in [0.29, 0.717) is 17.4 Å². The van der Waals surface area contributed by atoms with Crippen LogP contribution in [0, 0.1) is 0 Å². The summed E-state index contributed by atoms with van der Waals surface area (Å²) in [5.74, 6) is -0.208. The summed E-state index contributed by atoms with van der Waals surface area (Å²) in [6.45, 7) is 4.52. The van der Waals surface area contributed by atoms with E-state index in [0.717, 1.165) is 77.0 Å². The molecule has 0 bridgehead atoms. The summed E-state index contributed by atoms with van der Waals surface area (Å²) < 4.78 is 23.3. The van der Waals surface area contributed by atoms with E-state index in [2.05, 4.69) is 104 Å². The molecule has 9 heteroatoms. The number of hydrogen-bond donors (Lipinski definition) is 2.